The van der Waals surface area contributed by atoms with Crippen LogP contribution in [-0.2, 0) is 15.4 Å². The molecule has 2 saturated heterocycles. The number of benzene rings is 1. The summed E-state index contributed by atoms with van der Waals surface area (Å²) in [7, 11) is -3.36. The third kappa shape index (κ3) is 2.96. The molecule has 0 amide bonds. The summed E-state index contributed by atoms with van der Waals surface area (Å²) in [6.45, 7) is 0.563. The van der Waals surface area contributed by atoms with E-state index in [9.17, 15) is 8.42 Å². The molecule has 142 valence electrons. The van der Waals surface area contributed by atoms with E-state index in [0.717, 1.165) is 47.9 Å². The molecule has 0 atom stereocenters. The van der Waals surface area contributed by atoms with Crippen LogP contribution in [0.15, 0.2) is 40.8 Å². The van der Waals surface area contributed by atoms with Crippen molar-refractivity contribution in [1.29, 1.82) is 0 Å². The molecule has 3 aliphatic heterocycles. The zero-order valence-corrected chi connectivity index (χ0v) is 17.0. The summed E-state index contributed by atoms with van der Waals surface area (Å²) in [5.41, 5.74) is 0.825. The van der Waals surface area contributed by atoms with Gasteiger partial charge in [0, 0.05) is 12.6 Å². The van der Waals surface area contributed by atoms with E-state index >= 15 is 0 Å². The van der Waals surface area contributed by atoms with E-state index in [0.29, 0.717) is 16.9 Å². The van der Waals surface area contributed by atoms with Crippen LogP contribution in [0.5, 0.6) is 10.8 Å². The Balaban J connectivity index is 1.49. The number of ether oxygens (including phenoxy) is 1. The van der Waals surface area contributed by atoms with Gasteiger partial charge in [-0.25, -0.2) is 8.42 Å². The highest BCUT2D eigenvalue weighted by Crippen LogP contribution is 2.49. The normalized spacial score (nSPS) is 28.6. The molecule has 0 radical (unpaired) electrons. The maximum atomic E-state index is 12.2. The lowest BCUT2D eigenvalue weighted by atomic mass is 9.63. The molecular formula is C19H19ClN2O3S2. The standard InChI is InChI=1S/C19H19ClN2O3S2/c20-16-5-6-17(26-16)25-15-3-1-13(2-4-15)19-9-7-14(8-10-19)22-11-12-27(23,24)21-18(19)22/h1-6,14H,7-12H2. The number of fused-ring (bicyclic) bond motifs is 2. The number of amidine groups is 1. The predicted octanol–water partition coefficient (Wildman–Crippen LogP) is 4.43. The highest BCUT2D eigenvalue weighted by atomic mass is 35.5. The summed E-state index contributed by atoms with van der Waals surface area (Å²) in [5, 5.41) is 0.748. The molecule has 1 aliphatic carbocycles. The SMILES string of the molecule is O=S1(=O)CCN2C(=N1)C1(c3ccc(Oc4ccc(Cl)s4)cc3)CCC2CC1. The lowest BCUT2D eigenvalue weighted by Gasteiger charge is -2.55. The molecular weight excluding hydrogens is 404 g/mol. The maximum Gasteiger partial charge on any atom is 0.256 e. The molecule has 27 heavy (non-hydrogen) atoms. The Hall–Kier alpha value is -1.57. The minimum atomic E-state index is -3.36. The molecule has 1 aromatic carbocycles. The first-order chi connectivity index (χ1) is 13.0. The first-order valence-corrected chi connectivity index (χ1v) is 11.9. The molecule has 4 aliphatic rings. The van der Waals surface area contributed by atoms with Crippen LogP contribution in [0.3, 0.4) is 0 Å². The number of halogens is 1. The van der Waals surface area contributed by atoms with E-state index in [4.69, 9.17) is 16.3 Å². The summed E-state index contributed by atoms with van der Waals surface area (Å²) in [6, 6.07) is 12.1. The highest BCUT2D eigenvalue weighted by molar-refractivity contribution is 7.90. The van der Waals surface area contributed by atoms with Crippen LogP contribution in [0.4, 0.5) is 0 Å². The lowest BCUT2D eigenvalue weighted by Crippen LogP contribution is -2.62. The highest BCUT2D eigenvalue weighted by Gasteiger charge is 2.52. The van der Waals surface area contributed by atoms with Crippen LogP contribution in [0.1, 0.15) is 31.2 Å². The van der Waals surface area contributed by atoms with E-state index in [2.05, 4.69) is 21.4 Å². The van der Waals surface area contributed by atoms with Crippen molar-refractivity contribution >= 4 is 38.8 Å². The summed E-state index contributed by atoms with van der Waals surface area (Å²) >= 11 is 7.34. The van der Waals surface area contributed by atoms with E-state index in [1.54, 1.807) is 0 Å². The van der Waals surface area contributed by atoms with Crippen molar-refractivity contribution in [2.75, 3.05) is 12.3 Å². The van der Waals surface area contributed by atoms with E-state index < -0.39 is 10.0 Å². The molecule has 6 rings (SSSR count). The van der Waals surface area contributed by atoms with Gasteiger partial charge in [0.2, 0.25) is 0 Å². The zero-order chi connectivity index (χ0) is 18.6. The molecule has 0 N–H and O–H groups in total. The number of rotatable bonds is 3. The molecule has 0 unspecified atom stereocenters. The topological polar surface area (TPSA) is 59.0 Å². The number of hydrogen-bond donors (Lipinski definition) is 0. The van der Waals surface area contributed by atoms with Crippen LogP contribution in [0.2, 0.25) is 4.34 Å². The van der Waals surface area contributed by atoms with Crippen LogP contribution in [-0.4, -0.2) is 37.5 Å². The average Bonchev–Trinajstić information content (AvgIpc) is 3.07. The number of piperidine rings is 2. The fraction of sp³-hybridized carbons (Fsp3) is 0.421. The second kappa shape index (κ2) is 6.22. The largest absolute Gasteiger partial charge is 0.447 e. The first-order valence-electron chi connectivity index (χ1n) is 9.09. The molecule has 4 heterocycles. The number of thiophene rings is 1. The lowest BCUT2D eigenvalue weighted by molar-refractivity contribution is 0.151. The van der Waals surface area contributed by atoms with Gasteiger partial charge < -0.3 is 9.64 Å². The minimum Gasteiger partial charge on any atom is -0.447 e. The van der Waals surface area contributed by atoms with Crippen molar-refractivity contribution in [3.8, 4) is 10.8 Å². The van der Waals surface area contributed by atoms with Gasteiger partial charge in [0.15, 0.2) is 5.06 Å². The Bertz CT molecular complexity index is 1010. The second-order valence-corrected chi connectivity index (χ2v) is 10.8. The molecule has 3 fully saturated rings. The van der Waals surface area contributed by atoms with E-state index in [1.165, 1.54) is 11.3 Å². The van der Waals surface area contributed by atoms with Gasteiger partial charge in [-0.2, -0.15) is 0 Å². The van der Waals surface area contributed by atoms with Gasteiger partial charge in [0.1, 0.15) is 11.6 Å². The van der Waals surface area contributed by atoms with Crippen LogP contribution in [0, 0.1) is 0 Å². The third-order valence-electron chi connectivity index (χ3n) is 5.94. The summed E-state index contributed by atoms with van der Waals surface area (Å²) in [4.78, 5) is 2.24. The van der Waals surface area contributed by atoms with Crippen LogP contribution >= 0.6 is 22.9 Å². The Morgan fingerprint density at radius 3 is 2.56 bits per heavy atom. The van der Waals surface area contributed by atoms with Crippen molar-refractivity contribution in [2.24, 2.45) is 4.40 Å². The Morgan fingerprint density at radius 2 is 1.89 bits per heavy atom. The maximum absolute atomic E-state index is 12.2. The summed E-state index contributed by atoms with van der Waals surface area (Å²) in [5.74, 6) is 1.63. The summed E-state index contributed by atoms with van der Waals surface area (Å²) < 4.78 is 35.1. The summed E-state index contributed by atoms with van der Waals surface area (Å²) in [6.07, 6.45) is 4.07. The molecule has 2 aromatic rings. The van der Waals surface area contributed by atoms with Gasteiger partial charge in [-0.05, 0) is 55.5 Å². The number of hydrogen-bond acceptors (Lipinski definition) is 5. The zero-order valence-electron chi connectivity index (χ0n) is 14.6. The molecule has 5 nitrogen and oxygen atoms in total. The van der Waals surface area contributed by atoms with Crippen molar-refractivity contribution in [3.05, 3.63) is 46.3 Å². The molecule has 0 spiro atoms. The second-order valence-electron chi connectivity index (χ2n) is 7.39. The van der Waals surface area contributed by atoms with Gasteiger partial charge in [-0.1, -0.05) is 35.1 Å². The molecule has 1 saturated carbocycles. The van der Waals surface area contributed by atoms with E-state index in [1.807, 2.05) is 24.3 Å². The number of sulfonamides is 1. The number of nitrogens with zero attached hydrogens (tertiary/aromatic N) is 2. The van der Waals surface area contributed by atoms with Crippen molar-refractivity contribution in [2.45, 2.75) is 37.1 Å². The third-order valence-corrected chi connectivity index (χ3v) is 8.20. The van der Waals surface area contributed by atoms with Crippen LogP contribution in [0.25, 0.3) is 0 Å². The minimum absolute atomic E-state index is 0.124. The Labute approximate surface area is 167 Å². The van der Waals surface area contributed by atoms with Gasteiger partial charge in [-0.15, -0.1) is 4.40 Å². The van der Waals surface area contributed by atoms with Crippen molar-refractivity contribution < 1.29 is 13.2 Å². The quantitative estimate of drug-likeness (QED) is 0.734. The molecule has 1 aromatic heterocycles. The fourth-order valence-electron chi connectivity index (χ4n) is 4.63. The van der Waals surface area contributed by atoms with Crippen molar-refractivity contribution in [1.82, 2.24) is 4.90 Å². The van der Waals surface area contributed by atoms with Gasteiger partial charge in [-0.3, -0.25) is 0 Å². The fourth-order valence-corrected chi connectivity index (χ4v) is 6.58. The van der Waals surface area contributed by atoms with Crippen LogP contribution < -0.4 is 4.74 Å². The predicted molar refractivity (Wildman–Crippen MR) is 108 cm³/mol. The Morgan fingerprint density at radius 1 is 1.15 bits per heavy atom. The van der Waals surface area contributed by atoms with Crippen molar-refractivity contribution in [3.63, 3.8) is 0 Å². The van der Waals surface area contributed by atoms with E-state index in [-0.39, 0.29) is 11.2 Å². The first kappa shape index (κ1) is 17.5. The van der Waals surface area contributed by atoms with Gasteiger partial charge in [0.05, 0.1) is 15.5 Å². The molecule has 2 bridgehead atoms. The van der Waals surface area contributed by atoms with Gasteiger partial charge >= 0.3 is 0 Å². The average molecular weight is 423 g/mol. The smallest absolute Gasteiger partial charge is 0.256 e. The monoisotopic (exact) mass is 422 g/mol. The molecule has 8 heteroatoms. The Kier molecular flexibility index (Phi) is 4.04. The van der Waals surface area contributed by atoms with Gasteiger partial charge in [0.25, 0.3) is 10.0 Å².